The third kappa shape index (κ3) is 2.91. The summed E-state index contributed by atoms with van der Waals surface area (Å²) in [5.74, 6) is -0.809. The fourth-order valence-electron chi connectivity index (χ4n) is 2.33. The number of amides is 1. The van der Waals surface area contributed by atoms with Crippen LogP contribution in [0.3, 0.4) is 0 Å². The van der Waals surface area contributed by atoms with Crippen molar-refractivity contribution in [3.05, 3.63) is 65.6 Å². The van der Waals surface area contributed by atoms with Crippen LogP contribution in [0.5, 0.6) is 0 Å². The lowest BCUT2D eigenvalue weighted by atomic mass is 10.1. The second kappa shape index (κ2) is 5.92. The number of pyridine rings is 1. The van der Waals surface area contributed by atoms with Gasteiger partial charge < -0.3 is 14.5 Å². The SMILES string of the molecule is COC(=O)c1ccccc1NC(=O)c1ccc2nc(C)cn2c1. The second-order valence-electron chi connectivity index (χ2n) is 5.06. The Hall–Kier alpha value is -3.15. The highest BCUT2D eigenvalue weighted by atomic mass is 16.5. The summed E-state index contributed by atoms with van der Waals surface area (Å²) in [5.41, 5.74) is 2.83. The first kappa shape index (κ1) is 14.8. The highest BCUT2D eigenvalue weighted by Crippen LogP contribution is 2.17. The van der Waals surface area contributed by atoms with Gasteiger partial charge in [-0.2, -0.15) is 0 Å². The molecule has 0 atom stereocenters. The van der Waals surface area contributed by atoms with Crippen LogP contribution >= 0.6 is 0 Å². The maximum Gasteiger partial charge on any atom is 0.339 e. The number of fused-ring (bicyclic) bond motifs is 1. The average Bonchev–Trinajstić information content (AvgIpc) is 2.93. The molecule has 0 radical (unpaired) electrons. The molecule has 0 aliphatic carbocycles. The average molecular weight is 309 g/mol. The van der Waals surface area contributed by atoms with Gasteiger partial charge >= 0.3 is 5.97 Å². The number of anilines is 1. The lowest BCUT2D eigenvalue weighted by Crippen LogP contribution is -2.15. The Balaban J connectivity index is 1.90. The van der Waals surface area contributed by atoms with Crippen molar-refractivity contribution in [1.29, 1.82) is 0 Å². The highest BCUT2D eigenvalue weighted by molar-refractivity contribution is 6.07. The topological polar surface area (TPSA) is 72.7 Å². The fourth-order valence-corrected chi connectivity index (χ4v) is 2.33. The Kier molecular flexibility index (Phi) is 3.80. The molecule has 0 aliphatic heterocycles. The molecule has 6 heteroatoms. The number of nitrogens with one attached hydrogen (secondary N) is 1. The molecule has 2 heterocycles. The Bertz CT molecular complexity index is 899. The Labute approximate surface area is 132 Å². The zero-order valence-electron chi connectivity index (χ0n) is 12.7. The number of methoxy groups -OCH3 is 1. The zero-order chi connectivity index (χ0) is 16.4. The largest absolute Gasteiger partial charge is 0.465 e. The maximum absolute atomic E-state index is 12.4. The molecule has 2 aromatic heterocycles. The smallest absolute Gasteiger partial charge is 0.339 e. The van der Waals surface area contributed by atoms with E-state index in [0.29, 0.717) is 16.8 Å². The van der Waals surface area contributed by atoms with Crippen LogP contribution in [0.15, 0.2) is 48.8 Å². The van der Waals surface area contributed by atoms with Crippen LogP contribution in [0.25, 0.3) is 5.65 Å². The van der Waals surface area contributed by atoms with E-state index in [1.807, 2.05) is 13.1 Å². The first-order chi connectivity index (χ1) is 11.1. The van der Waals surface area contributed by atoms with Gasteiger partial charge in [-0.05, 0) is 31.2 Å². The van der Waals surface area contributed by atoms with Crippen molar-refractivity contribution in [2.45, 2.75) is 6.92 Å². The number of ether oxygens (including phenoxy) is 1. The van der Waals surface area contributed by atoms with Gasteiger partial charge in [0.25, 0.3) is 5.91 Å². The second-order valence-corrected chi connectivity index (χ2v) is 5.06. The maximum atomic E-state index is 12.4. The van der Waals surface area contributed by atoms with Crippen molar-refractivity contribution in [3.8, 4) is 0 Å². The van der Waals surface area contributed by atoms with Gasteiger partial charge in [-0.15, -0.1) is 0 Å². The number of rotatable bonds is 3. The lowest BCUT2D eigenvalue weighted by molar-refractivity contribution is 0.0602. The molecule has 0 saturated heterocycles. The molecule has 0 aliphatic rings. The number of aromatic nitrogens is 2. The predicted molar refractivity (Wildman–Crippen MR) is 85.7 cm³/mol. The molecule has 3 rings (SSSR count). The molecular weight excluding hydrogens is 294 g/mol. The van der Waals surface area contributed by atoms with Crippen molar-refractivity contribution < 1.29 is 14.3 Å². The number of benzene rings is 1. The Morgan fingerprint density at radius 1 is 1.13 bits per heavy atom. The monoisotopic (exact) mass is 309 g/mol. The van der Waals surface area contributed by atoms with Crippen LogP contribution in [-0.4, -0.2) is 28.4 Å². The first-order valence-electron chi connectivity index (χ1n) is 7.02. The number of esters is 1. The molecule has 116 valence electrons. The number of aryl methyl sites for hydroxylation is 1. The number of nitrogens with zero attached hydrogens (tertiary/aromatic N) is 2. The van der Waals surface area contributed by atoms with Crippen LogP contribution in [0.2, 0.25) is 0 Å². The van der Waals surface area contributed by atoms with Crippen molar-refractivity contribution in [1.82, 2.24) is 9.38 Å². The van der Waals surface area contributed by atoms with Crippen LogP contribution in [0.1, 0.15) is 26.4 Å². The van der Waals surface area contributed by atoms with Crippen molar-refractivity contribution >= 4 is 23.2 Å². The van der Waals surface area contributed by atoms with E-state index in [0.717, 1.165) is 11.3 Å². The molecule has 6 nitrogen and oxygen atoms in total. The van der Waals surface area contributed by atoms with Crippen LogP contribution in [0, 0.1) is 6.92 Å². The number of hydrogen-bond donors (Lipinski definition) is 1. The summed E-state index contributed by atoms with van der Waals surface area (Å²) in [4.78, 5) is 28.5. The van der Waals surface area contributed by atoms with Crippen LogP contribution < -0.4 is 5.32 Å². The van der Waals surface area contributed by atoms with Gasteiger partial charge in [-0.3, -0.25) is 4.79 Å². The van der Waals surface area contributed by atoms with Gasteiger partial charge in [0.05, 0.1) is 29.6 Å². The lowest BCUT2D eigenvalue weighted by Gasteiger charge is -2.09. The number of carbonyl (C=O) groups excluding carboxylic acids is 2. The molecule has 0 bridgehead atoms. The van der Waals surface area contributed by atoms with Crippen LogP contribution in [0.4, 0.5) is 5.69 Å². The summed E-state index contributed by atoms with van der Waals surface area (Å²) < 4.78 is 6.51. The third-order valence-electron chi connectivity index (χ3n) is 3.41. The van der Waals surface area contributed by atoms with Gasteiger partial charge in [0.2, 0.25) is 0 Å². The van der Waals surface area contributed by atoms with Crippen LogP contribution in [-0.2, 0) is 4.74 Å². The molecule has 0 saturated carbocycles. The molecule has 0 fully saturated rings. The van der Waals surface area contributed by atoms with E-state index in [1.165, 1.54) is 7.11 Å². The molecule has 1 aromatic carbocycles. The molecule has 1 amide bonds. The number of carbonyl (C=O) groups is 2. The van der Waals surface area contributed by atoms with Gasteiger partial charge in [-0.25, -0.2) is 9.78 Å². The van der Waals surface area contributed by atoms with Crippen molar-refractivity contribution in [2.75, 3.05) is 12.4 Å². The van der Waals surface area contributed by atoms with Gasteiger partial charge in [0, 0.05) is 12.4 Å². The van der Waals surface area contributed by atoms with E-state index >= 15 is 0 Å². The Morgan fingerprint density at radius 2 is 1.91 bits per heavy atom. The van der Waals surface area contributed by atoms with Gasteiger partial charge in [-0.1, -0.05) is 12.1 Å². The molecular formula is C17H15N3O3. The number of hydrogen-bond acceptors (Lipinski definition) is 4. The standard InChI is InChI=1S/C17H15N3O3/c1-11-9-20-10-12(7-8-15(20)18-11)16(21)19-14-6-4-3-5-13(14)17(22)23-2/h3-10H,1-2H3,(H,19,21). The molecule has 0 unspecified atom stereocenters. The summed E-state index contributed by atoms with van der Waals surface area (Å²) in [6.45, 7) is 1.89. The van der Waals surface area contributed by atoms with E-state index < -0.39 is 5.97 Å². The fraction of sp³-hybridized carbons (Fsp3) is 0.118. The highest BCUT2D eigenvalue weighted by Gasteiger charge is 2.14. The summed E-state index contributed by atoms with van der Waals surface area (Å²) in [6.07, 6.45) is 3.54. The van der Waals surface area contributed by atoms with Gasteiger partial charge in [0.15, 0.2) is 0 Å². The minimum Gasteiger partial charge on any atom is -0.465 e. The van der Waals surface area contributed by atoms with E-state index in [-0.39, 0.29) is 5.91 Å². The zero-order valence-corrected chi connectivity index (χ0v) is 12.7. The normalized spacial score (nSPS) is 10.5. The molecule has 1 N–H and O–H groups in total. The number of imidazole rings is 1. The molecule has 3 aromatic rings. The first-order valence-corrected chi connectivity index (χ1v) is 7.02. The molecule has 23 heavy (non-hydrogen) atoms. The van der Waals surface area contributed by atoms with Crippen molar-refractivity contribution in [2.24, 2.45) is 0 Å². The summed E-state index contributed by atoms with van der Waals surface area (Å²) >= 11 is 0. The van der Waals surface area contributed by atoms with E-state index in [4.69, 9.17) is 4.74 Å². The predicted octanol–water partition coefficient (Wildman–Crippen LogP) is 2.68. The quantitative estimate of drug-likeness (QED) is 0.755. The minimum absolute atomic E-state index is 0.308. The van der Waals surface area contributed by atoms with Gasteiger partial charge in [0.1, 0.15) is 5.65 Å². The summed E-state index contributed by atoms with van der Waals surface area (Å²) in [7, 11) is 1.30. The Morgan fingerprint density at radius 3 is 2.70 bits per heavy atom. The number of para-hydroxylation sites is 1. The minimum atomic E-state index is -0.499. The third-order valence-corrected chi connectivity index (χ3v) is 3.41. The summed E-state index contributed by atoms with van der Waals surface area (Å²) in [6, 6.07) is 10.2. The molecule has 0 spiro atoms. The van der Waals surface area contributed by atoms with E-state index in [9.17, 15) is 9.59 Å². The van der Waals surface area contributed by atoms with E-state index in [2.05, 4.69) is 10.3 Å². The summed E-state index contributed by atoms with van der Waals surface area (Å²) in [5, 5.41) is 2.74. The van der Waals surface area contributed by atoms with Crippen molar-refractivity contribution in [3.63, 3.8) is 0 Å². The van der Waals surface area contributed by atoms with E-state index in [1.54, 1.807) is 47.0 Å².